The van der Waals surface area contributed by atoms with Gasteiger partial charge in [-0.05, 0) is 27.7 Å². The summed E-state index contributed by atoms with van der Waals surface area (Å²) in [5.41, 5.74) is -2.57. The second-order valence-corrected chi connectivity index (χ2v) is 4.58. The maximum absolute atomic E-state index is 11.1. The zero-order valence-corrected chi connectivity index (χ0v) is 9.85. The molecule has 0 fully saturated rings. The van der Waals surface area contributed by atoms with Crippen LogP contribution < -0.4 is 0 Å². The lowest BCUT2D eigenvalue weighted by molar-refractivity contribution is -0.155. The molecule has 16 heavy (non-hydrogen) atoms. The molecule has 0 aromatic carbocycles. The molecular weight excluding hydrogens is 214 g/mol. The lowest BCUT2D eigenvalue weighted by Gasteiger charge is -2.17. The Bertz CT molecular complexity index is 301. The number of aliphatic carboxylic acids is 1. The van der Waals surface area contributed by atoms with Crippen LogP contribution in [0.15, 0.2) is 4.99 Å². The first kappa shape index (κ1) is 14.6. The smallest absolute Gasteiger partial charge is 0.433 e. The number of rotatable bonds is 3. The molecule has 6 nitrogen and oxygen atoms in total. The second kappa shape index (κ2) is 5.07. The Morgan fingerprint density at radius 2 is 1.81 bits per heavy atom. The van der Waals surface area contributed by atoms with Crippen LogP contribution in [-0.4, -0.2) is 39.7 Å². The van der Waals surface area contributed by atoms with Crippen molar-refractivity contribution < 1.29 is 24.5 Å². The van der Waals surface area contributed by atoms with E-state index in [0.29, 0.717) is 0 Å². The monoisotopic (exact) mass is 231 g/mol. The quantitative estimate of drug-likeness (QED) is 0.712. The Hall–Kier alpha value is -1.43. The zero-order valence-electron chi connectivity index (χ0n) is 9.85. The van der Waals surface area contributed by atoms with E-state index >= 15 is 0 Å². The fourth-order valence-corrected chi connectivity index (χ4v) is 0.674. The lowest BCUT2D eigenvalue weighted by atomic mass is 10.0. The van der Waals surface area contributed by atoms with Crippen LogP contribution in [-0.2, 0) is 9.53 Å². The van der Waals surface area contributed by atoms with E-state index in [0.717, 1.165) is 13.1 Å². The van der Waals surface area contributed by atoms with Gasteiger partial charge in [0.2, 0.25) is 0 Å². The number of ether oxygens (including phenoxy) is 1. The Morgan fingerprint density at radius 3 is 2.19 bits per heavy atom. The number of aliphatic imine (C=N–C) groups is 1. The van der Waals surface area contributed by atoms with Gasteiger partial charge in [-0.1, -0.05) is 0 Å². The van der Waals surface area contributed by atoms with Gasteiger partial charge in [0, 0.05) is 12.6 Å². The Kier molecular flexibility index (Phi) is 4.61. The van der Waals surface area contributed by atoms with Crippen molar-refractivity contribution in [1.82, 2.24) is 0 Å². The van der Waals surface area contributed by atoms with Crippen LogP contribution in [0.4, 0.5) is 4.79 Å². The molecule has 0 aliphatic rings. The van der Waals surface area contributed by atoms with Crippen LogP contribution in [0.2, 0.25) is 0 Å². The number of amides is 1. The summed E-state index contributed by atoms with van der Waals surface area (Å²) < 4.78 is 4.85. The molecule has 0 bridgehead atoms. The molecule has 0 spiro atoms. The molecule has 2 N–H and O–H groups in total. The highest BCUT2D eigenvalue weighted by molar-refractivity contribution is 5.84. The lowest BCUT2D eigenvalue weighted by Crippen LogP contribution is -2.35. The van der Waals surface area contributed by atoms with Crippen molar-refractivity contribution in [2.24, 2.45) is 4.99 Å². The van der Waals surface area contributed by atoms with Crippen molar-refractivity contribution in [2.45, 2.75) is 45.3 Å². The summed E-state index contributed by atoms with van der Waals surface area (Å²) in [6.07, 6.45) is -0.0438. The highest BCUT2D eigenvalue weighted by Gasteiger charge is 2.28. The Balaban J connectivity index is 4.22. The average Bonchev–Trinajstić information content (AvgIpc) is 1.99. The van der Waals surface area contributed by atoms with Gasteiger partial charge < -0.3 is 14.9 Å². The SMILES string of the molecule is CC(C)(C)OC(=O)N=CCC(C)(O)C(=O)O. The summed E-state index contributed by atoms with van der Waals surface area (Å²) in [6, 6.07) is 0. The maximum Gasteiger partial charge on any atom is 0.433 e. The van der Waals surface area contributed by atoms with E-state index in [1.165, 1.54) is 0 Å². The van der Waals surface area contributed by atoms with Gasteiger partial charge in [-0.25, -0.2) is 9.59 Å². The molecule has 0 aromatic heterocycles. The molecule has 0 aliphatic heterocycles. The summed E-state index contributed by atoms with van der Waals surface area (Å²) >= 11 is 0. The van der Waals surface area contributed by atoms with Crippen LogP contribution in [0.25, 0.3) is 0 Å². The van der Waals surface area contributed by atoms with Gasteiger partial charge in [0.05, 0.1) is 0 Å². The van der Waals surface area contributed by atoms with Crippen LogP contribution in [0.1, 0.15) is 34.1 Å². The summed E-state index contributed by atoms with van der Waals surface area (Å²) in [5.74, 6) is -1.37. The van der Waals surface area contributed by atoms with Crippen LogP contribution in [0.5, 0.6) is 0 Å². The van der Waals surface area contributed by atoms with Gasteiger partial charge >= 0.3 is 12.1 Å². The summed E-state index contributed by atoms with van der Waals surface area (Å²) in [4.78, 5) is 24.9. The molecule has 1 atom stereocenters. The average molecular weight is 231 g/mol. The number of carboxylic acid groups (broad SMARTS) is 1. The Labute approximate surface area is 93.9 Å². The molecule has 0 saturated carbocycles. The predicted molar refractivity (Wildman–Crippen MR) is 57.6 cm³/mol. The molecule has 0 heterocycles. The van der Waals surface area contributed by atoms with Crippen molar-refractivity contribution in [3.8, 4) is 0 Å². The van der Waals surface area contributed by atoms with E-state index in [2.05, 4.69) is 4.99 Å². The van der Waals surface area contributed by atoms with Gasteiger partial charge in [0.15, 0.2) is 5.60 Å². The first-order valence-electron chi connectivity index (χ1n) is 4.76. The van der Waals surface area contributed by atoms with Crippen molar-refractivity contribution >= 4 is 18.3 Å². The molecular formula is C10H17NO5. The van der Waals surface area contributed by atoms with Gasteiger partial charge in [0.25, 0.3) is 0 Å². The standard InChI is InChI=1S/C10H17NO5/c1-9(2,3)16-8(14)11-6-5-10(4,15)7(12)13/h6,15H,5H2,1-4H3,(H,12,13). The number of hydrogen-bond donors (Lipinski definition) is 2. The molecule has 0 rings (SSSR count). The first-order valence-corrected chi connectivity index (χ1v) is 4.76. The minimum atomic E-state index is -1.93. The number of carbonyl (C=O) groups is 2. The normalized spacial score (nSPS) is 15.8. The topological polar surface area (TPSA) is 96.2 Å². The minimum Gasteiger partial charge on any atom is -0.479 e. The van der Waals surface area contributed by atoms with Gasteiger partial charge in [-0.2, -0.15) is 4.99 Å². The molecule has 0 aliphatic carbocycles. The largest absolute Gasteiger partial charge is 0.479 e. The molecule has 92 valence electrons. The molecule has 6 heteroatoms. The van der Waals surface area contributed by atoms with E-state index in [-0.39, 0.29) is 6.42 Å². The number of nitrogens with zero attached hydrogens (tertiary/aromatic N) is 1. The second-order valence-electron chi connectivity index (χ2n) is 4.58. The Morgan fingerprint density at radius 1 is 1.31 bits per heavy atom. The van der Waals surface area contributed by atoms with E-state index in [1.54, 1.807) is 20.8 Å². The predicted octanol–water partition coefficient (Wildman–Crippen LogP) is 1.22. The van der Waals surface area contributed by atoms with Crippen molar-refractivity contribution in [1.29, 1.82) is 0 Å². The number of hydrogen-bond acceptors (Lipinski definition) is 4. The van der Waals surface area contributed by atoms with E-state index in [9.17, 15) is 14.7 Å². The van der Waals surface area contributed by atoms with Gasteiger partial charge in [-0.15, -0.1) is 0 Å². The fourth-order valence-electron chi connectivity index (χ4n) is 0.674. The van der Waals surface area contributed by atoms with Crippen LogP contribution in [0, 0.1) is 0 Å². The van der Waals surface area contributed by atoms with Crippen molar-refractivity contribution in [3.63, 3.8) is 0 Å². The highest BCUT2D eigenvalue weighted by atomic mass is 16.6. The van der Waals surface area contributed by atoms with Crippen LogP contribution >= 0.6 is 0 Å². The van der Waals surface area contributed by atoms with E-state index in [4.69, 9.17) is 9.84 Å². The summed E-state index contributed by atoms with van der Waals surface area (Å²) in [5, 5.41) is 17.9. The van der Waals surface area contributed by atoms with Crippen LogP contribution in [0.3, 0.4) is 0 Å². The van der Waals surface area contributed by atoms with Crippen molar-refractivity contribution in [2.75, 3.05) is 0 Å². The first-order chi connectivity index (χ1) is 7.04. The third-order valence-electron chi connectivity index (χ3n) is 1.54. The molecule has 0 radical (unpaired) electrons. The molecule has 1 unspecified atom stereocenters. The third kappa shape index (κ3) is 6.13. The number of carboxylic acids is 1. The minimum absolute atomic E-state index is 0.262. The number of carbonyl (C=O) groups excluding carboxylic acids is 1. The third-order valence-corrected chi connectivity index (χ3v) is 1.54. The fraction of sp³-hybridized carbons (Fsp3) is 0.700. The summed E-state index contributed by atoms with van der Waals surface area (Å²) in [7, 11) is 0. The van der Waals surface area contributed by atoms with Gasteiger partial charge in [-0.3, -0.25) is 0 Å². The molecule has 1 amide bonds. The number of aliphatic hydroxyl groups is 1. The molecule has 0 aromatic rings. The maximum atomic E-state index is 11.1. The highest BCUT2D eigenvalue weighted by Crippen LogP contribution is 2.09. The van der Waals surface area contributed by atoms with Crippen molar-refractivity contribution in [3.05, 3.63) is 0 Å². The van der Waals surface area contributed by atoms with E-state index in [1.807, 2.05) is 0 Å². The molecule has 0 saturated heterocycles. The van der Waals surface area contributed by atoms with Gasteiger partial charge in [0.1, 0.15) is 5.60 Å². The van der Waals surface area contributed by atoms with E-state index < -0.39 is 23.3 Å². The summed E-state index contributed by atoms with van der Waals surface area (Å²) in [6.45, 7) is 6.19. The zero-order chi connectivity index (χ0) is 13.0.